The second-order valence-corrected chi connectivity index (χ2v) is 3.57. The van der Waals surface area contributed by atoms with Gasteiger partial charge in [-0.2, -0.15) is 0 Å². The molecule has 0 aliphatic carbocycles. The van der Waals surface area contributed by atoms with Crippen LogP contribution in [0.5, 0.6) is 0 Å². The first-order valence-electron chi connectivity index (χ1n) is 4.27. The predicted molar refractivity (Wildman–Crippen MR) is 47.7 cm³/mol. The maximum absolute atomic E-state index is 11.2. The van der Waals surface area contributed by atoms with Gasteiger partial charge in [0.2, 0.25) is 5.91 Å². The van der Waals surface area contributed by atoms with Crippen LogP contribution in [0.2, 0.25) is 0 Å². The van der Waals surface area contributed by atoms with E-state index >= 15 is 0 Å². The molecule has 1 aliphatic heterocycles. The summed E-state index contributed by atoms with van der Waals surface area (Å²) in [5.41, 5.74) is 5.71. The van der Waals surface area contributed by atoms with Crippen LogP contribution in [0.1, 0.15) is 6.42 Å². The van der Waals surface area contributed by atoms with Gasteiger partial charge in [-0.25, -0.2) is 0 Å². The van der Waals surface area contributed by atoms with Crippen molar-refractivity contribution in [3.8, 4) is 0 Å². The molecule has 1 fully saturated rings. The number of rotatable bonds is 2. The van der Waals surface area contributed by atoms with E-state index in [-0.39, 0.29) is 11.9 Å². The van der Waals surface area contributed by atoms with Gasteiger partial charge in [-0.1, -0.05) is 0 Å². The van der Waals surface area contributed by atoms with Crippen LogP contribution in [0.25, 0.3) is 0 Å². The van der Waals surface area contributed by atoms with Crippen LogP contribution >= 0.6 is 0 Å². The first-order valence-corrected chi connectivity index (χ1v) is 4.27. The van der Waals surface area contributed by atoms with Crippen LogP contribution in [-0.2, 0) is 4.79 Å². The van der Waals surface area contributed by atoms with Gasteiger partial charge in [0.25, 0.3) is 0 Å². The molecular formula is C8H17N3O. The number of nitrogens with two attached hydrogens (primary N) is 1. The van der Waals surface area contributed by atoms with Crippen LogP contribution in [-0.4, -0.2) is 55.5 Å². The third-order valence-corrected chi connectivity index (χ3v) is 2.17. The zero-order chi connectivity index (χ0) is 9.14. The average molecular weight is 171 g/mol. The van der Waals surface area contributed by atoms with Gasteiger partial charge in [0.1, 0.15) is 0 Å². The van der Waals surface area contributed by atoms with Gasteiger partial charge in [-0.05, 0) is 6.42 Å². The summed E-state index contributed by atoms with van der Waals surface area (Å²) in [6.45, 7) is 2.33. The number of nitrogens with zero attached hydrogens (tertiary/aromatic N) is 2. The zero-order valence-corrected chi connectivity index (χ0v) is 7.79. The molecule has 1 heterocycles. The average Bonchev–Trinajstić information content (AvgIpc) is 2.35. The monoisotopic (exact) mass is 171 g/mol. The molecule has 4 heteroatoms. The van der Waals surface area contributed by atoms with Gasteiger partial charge >= 0.3 is 0 Å². The second-order valence-electron chi connectivity index (χ2n) is 3.57. The minimum absolute atomic E-state index is 0.157. The Kier molecular flexibility index (Phi) is 3.05. The summed E-state index contributed by atoms with van der Waals surface area (Å²) in [6.07, 6.45) is 1.01. The topological polar surface area (TPSA) is 49.6 Å². The van der Waals surface area contributed by atoms with Crippen molar-refractivity contribution in [3.05, 3.63) is 0 Å². The molecule has 0 saturated carbocycles. The van der Waals surface area contributed by atoms with Crippen LogP contribution in [0.4, 0.5) is 0 Å². The Balaban J connectivity index is 2.28. The van der Waals surface area contributed by atoms with E-state index in [9.17, 15) is 4.79 Å². The maximum atomic E-state index is 11.2. The largest absolute Gasteiger partial charge is 0.348 e. The third-order valence-electron chi connectivity index (χ3n) is 2.17. The van der Waals surface area contributed by atoms with Crippen molar-refractivity contribution in [1.29, 1.82) is 0 Å². The molecule has 0 spiro atoms. The Morgan fingerprint density at radius 1 is 1.67 bits per heavy atom. The molecule has 1 saturated heterocycles. The summed E-state index contributed by atoms with van der Waals surface area (Å²) in [6, 6.07) is 0.264. The van der Waals surface area contributed by atoms with E-state index in [0.717, 1.165) is 19.5 Å². The summed E-state index contributed by atoms with van der Waals surface area (Å²) >= 11 is 0. The van der Waals surface area contributed by atoms with Crippen molar-refractivity contribution in [2.75, 3.05) is 33.7 Å². The number of carbonyl (C=O) groups excluding carboxylic acids is 1. The highest BCUT2D eigenvalue weighted by Gasteiger charge is 2.21. The molecule has 0 unspecified atom stereocenters. The lowest BCUT2D eigenvalue weighted by Crippen LogP contribution is -2.36. The molecule has 1 aliphatic rings. The summed E-state index contributed by atoms with van der Waals surface area (Å²) in [7, 11) is 3.55. The molecule has 0 aromatic heterocycles. The Hall–Kier alpha value is -0.610. The highest BCUT2D eigenvalue weighted by molar-refractivity contribution is 5.77. The van der Waals surface area contributed by atoms with Crippen LogP contribution in [0.15, 0.2) is 0 Å². The predicted octanol–water partition coefficient (Wildman–Crippen LogP) is -0.892. The molecule has 1 atom stereocenters. The van der Waals surface area contributed by atoms with Crippen LogP contribution in [0, 0.1) is 0 Å². The van der Waals surface area contributed by atoms with E-state index < -0.39 is 0 Å². The van der Waals surface area contributed by atoms with E-state index in [1.165, 1.54) is 0 Å². The Morgan fingerprint density at radius 3 is 2.75 bits per heavy atom. The lowest BCUT2D eigenvalue weighted by Gasteiger charge is -2.17. The Morgan fingerprint density at radius 2 is 2.33 bits per heavy atom. The minimum Gasteiger partial charge on any atom is -0.348 e. The van der Waals surface area contributed by atoms with Crippen LogP contribution in [0.3, 0.4) is 0 Å². The van der Waals surface area contributed by atoms with Crippen molar-refractivity contribution in [2.24, 2.45) is 5.73 Å². The van der Waals surface area contributed by atoms with E-state index in [4.69, 9.17) is 5.73 Å². The molecule has 0 aromatic carbocycles. The van der Waals surface area contributed by atoms with Crippen molar-refractivity contribution >= 4 is 5.91 Å². The molecule has 1 amide bonds. The molecule has 12 heavy (non-hydrogen) atoms. The SMILES string of the molecule is CN(C)C(=O)CN1CC[C@H](N)C1. The van der Waals surface area contributed by atoms with Gasteiger partial charge in [0.15, 0.2) is 0 Å². The number of likely N-dealkylation sites (tertiary alicyclic amines) is 1. The molecule has 0 aromatic rings. The summed E-state index contributed by atoms with van der Waals surface area (Å²) < 4.78 is 0. The zero-order valence-electron chi connectivity index (χ0n) is 7.79. The van der Waals surface area contributed by atoms with Gasteiger partial charge in [0.05, 0.1) is 6.54 Å². The molecule has 2 N–H and O–H groups in total. The van der Waals surface area contributed by atoms with E-state index in [2.05, 4.69) is 4.90 Å². The lowest BCUT2D eigenvalue weighted by molar-refractivity contribution is -0.129. The quantitative estimate of drug-likeness (QED) is 0.586. The lowest BCUT2D eigenvalue weighted by atomic mass is 10.3. The van der Waals surface area contributed by atoms with Crippen molar-refractivity contribution in [1.82, 2.24) is 9.80 Å². The normalized spacial score (nSPS) is 24.4. The number of likely N-dealkylation sites (N-methyl/N-ethyl adjacent to an activating group) is 1. The molecule has 4 nitrogen and oxygen atoms in total. The number of hydrogen-bond donors (Lipinski definition) is 1. The molecule has 0 radical (unpaired) electrons. The van der Waals surface area contributed by atoms with Crippen molar-refractivity contribution < 1.29 is 4.79 Å². The van der Waals surface area contributed by atoms with Gasteiger partial charge < -0.3 is 10.6 Å². The fourth-order valence-electron chi connectivity index (χ4n) is 1.34. The van der Waals surface area contributed by atoms with Gasteiger partial charge in [0, 0.05) is 33.2 Å². The van der Waals surface area contributed by atoms with Gasteiger partial charge in [-0.3, -0.25) is 9.69 Å². The summed E-state index contributed by atoms with van der Waals surface area (Å²) in [5.74, 6) is 0.157. The highest BCUT2D eigenvalue weighted by atomic mass is 16.2. The second kappa shape index (κ2) is 3.87. The number of amides is 1. The van der Waals surface area contributed by atoms with E-state index in [1.807, 2.05) is 0 Å². The van der Waals surface area contributed by atoms with Crippen molar-refractivity contribution in [2.45, 2.75) is 12.5 Å². The minimum atomic E-state index is 0.157. The third kappa shape index (κ3) is 2.46. The Labute approximate surface area is 73.3 Å². The first-order chi connectivity index (χ1) is 5.59. The molecular weight excluding hydrogens is 154 g/mol. The highest BCUT2D eigenvalue weighted by Crippen LogP contribution is 2.05. The fraction of sp³-hybridized carbons (Fsp3) is 0.875. The molecule has 0 bridgehead atoms. The van der Waals surface area contributed by atoms with Crippen molar-refractivity contribution in [3.63, 3.8) is 0 Å². The van der Waals surface area contributed by atoms with E-state index in [1.54, 1.807) is 19.0 Å². The Bertz CT molecular complexity index is 170. The summed E-state index contributed by atoms with van der Waals surface area (Å²) in [4.78, 5) is 15.0. The molecule has 1 rings (SSSR count). The standard InChI is InChI=1S/C8H17N3O/c1-10(2)8(12)6-11-4-3-7(9)5-11/h7H,3-6,9H2,1-2H3/t7-/m0/s1. The first kappa shape index (κ1) is 9.48. The van der Waals surface area contributed by atoms with E-state index in [0.29, 0.717) is 6.54 Å². The van der Waals surface area contributed by atoms with Gasteiger partial charge in [-0.15, -0.1) is 0 Å². The van der Waals surface area contributed by atoms with Crippen LogP contribution < -0.4 is 5.73 Å². The smallest absolute Gasteiger partial charge is 0.236 e. The fourth-order valence-corrected chi connectivity index (χ4v) is 1.34. The number of carbonyl (C=O) groups is 1. The number of hydrogen-bond acceptors (Lipinski definition) is 3. The molecule has 70 valence electrons. The summed E-state index contributed by atoms with van der Waals surface area (Å²) in [5, 5.41) is 0. The maximum Gasteiger partial charge on any atom is 0.236 e.